The molecule has 0 N–H and O–H groups in total. The fourth-order valence-electron chi connectivity index (χ4n) is 1.73. The van der Waals surface area contributed by atoms with Crippen molar-refractivity contribution in [2.75, 3.05) is 0 Å². The zero-order valence-corrected chi connectivity index (χ0v) is 15.3. The number of cyclic esters (lactones) is 1. The zero-order chi connectivity index (χ0) is 15.0. The van der Waals surface area contributed by atoms with E-state index in [1.807, 2.05) is 34.7 Å². The molecule has 7 heteroatoms. The lowest BCUT2D eigenvalue weighted by Gasteiger charge is -2.02. The van der Waals surface area contributed by atoms with Crippen molar-refractivity contribution in [2.24, 2.45) is 4.99 Å². The molecule has 106 valence electrons. The molecule has 0 aliphatic carbocycles. The molecule has 0 radical (unpaired) electrons. The third-order valence-electron chi connectivity index (χ3n) is 2.65. The second-order valence-corrected chi connectivity index (χ2v) is 6.82. The van der Waals surface area contributed by atoms with E-state index in [2.05, 4.69) is 27.6 Å². The van der Waals surface area contributed by atoms with Crippen LogP contribution >= 0.6 is 56.8 Å². The van der Waals surface area contributed by atoms with Crippen molar-refractivity contribution in [1.82, 2.24) is 0 Å². The number of hydrogen-bond donors (Lipinski definition) is 0. The Kier molecular flexibility index (Phi) is 4.36. The number of carbonyl (C=O) groups excluding carboxylic acids is 1. The number of furan rings is 1. The molecule has 3 rings (SSSR count). The van der Waals surface area contributed by atoms with Crippen LogP contribution in [0.1, 0.15) is 11.3 Å². The highest BCUT2D eigenvalue weighted by atomic mass is 127. The molecule has 1 aromatic heterocycles. The van der Waals surface area contributed by atoms with Crippen LogP contribution in [-0.2, 0) is 9.53 Å². The van der Waals surface area contributed by atoms with Crippen molar-refractivity contribution in [3.05, 3.63) is 59.7 Å². The maximum Gasteiger partial charge on any atom is 0.363 e. The second-order valence-electron chi connectivity index (χ2n) is 4.10. The van der Waals surface area contributed by atoms with Crippen LogP contribution in [0.5, 0.6) is 0 Å². The van der Waals surface area contributed by atoms with E-state index in [0.29, 0.717) is 16.3 Å². The summed E-state index contributed by atoms with van der Waals surface area (Å²) in [5, 5.41) is 0.482. The van der Waals surface area contributed by atoms with E-state index in [-0.39, 0.29) is 11.6 Å². The lowest BCUT2D eigenvalue weighted by Crippen LogP contribution is -2.06. The van der Waals surface area contributed by atoms with Gasteiger partial charge in [-0.05, 0) is 75.5 Å². The Morgan fingerprint density at radius 1 is 1.19 bits per heavy atom. The van der Waals surface area contributed by atoms with Crippen molar-refractivity contribution < 1.29 is 13.9 Å². The molecule has 0 saturated carbocycles. The van der Waals surface area contributed by atoms with Gasteiger partial charge >= 0.3 is 5.97 Å². The number of halogens is 3. The molecule has 2 aromatic rings. The Labute approximate surface area is 152 Å². The number of carbonyl (C=O) groups is 1. The Morgan fingerprint density at radius 3 is 2.71 bits per heavy atom. The van der Waals surface area contributed by atoms with Gasteiger partial charge in [-0.3, -0.25) is 0 Å². The van der Waals surface area contributed by atoms with Gasteiger partial charge in [0.1, 0.15) is 5.76 Å². The van der Waals surface area contributed by atoms with E-state index >= 15 is 0 Å². The molecule has 2 heterocycles. The first-order valence-corrected chi connectivity index (χ1v) is 8.30. The van der Waals surface area contributed by atoms with E-state index in [0.717, 1.165) is 7.34 Å². The van der Waals surface area contributed by atoms with Gasteiger partial charge in [-0.25, -0.2) is 9.79 Å². The first-order chi connectivity index (χ1) is 10.0. The van der Waals surface area contributed by atoms with E-state index in [4.69, 9.17) is 20.8 Å². The number of rotatable bonds is 2. The summed E-state index contributed by atoms with van der Waals surface area (Å²) in [4.78, 5) is 16.1. The summed E-state index contributed by atoms with van der Waals surface area (Å²) in [6, 6.07) is 8.98. The Bertz CT molecular complexity index is 795. The van der Waals surface area contributed by atoms with Gasteiger partial charge in [-0.2, -0.15) is 0 Å². The fourth-order valence-corrected chi connectivity index (χ4v) is 2.85. The zero-order valence-electron chi connectivity index (χ0n) is 10.3. The minimum Gasteiger partial charge on any atom is -0.451 e. The van der Waals surface area contributed by atoms with Crippen LogP contribution in [0.3, 0.4) is 0 Å². The maximum atomic E-state index is 11.9. The molecule has 4 nitrogen and oxygen atoms in total. The molecule has 0 bridgehead atoms. The van der Waals surface area contributed by atoms with E-state index in [9.17, 15) is 4.79 Å². The van der Waals surface area contributed by atoms with Gasteiger partial charge in [0.15, 0.2) is 9.46 Å². The van der Waals surface area contributed by atoms with Gasteiger partial charge in [-0.1, -0.05) is 11.6 Å². The quantitative estimate of drug-likeness (QED) is 0.330. The molecule has 1 aliphatic rings. The summed E-state index contributed by atoms with van der Waals surface area (Å²) in [6.07, 6.45) is 1.54. The predicted molar refractivity (Wildman–Crippen MR) is 96.2 cm³/mol. The van der Waals surface area contributed by atoms with Gasteiger partial charge in [0.25, 0.3) is 0 Å². The highest BCUT2D eigenvalue weighted by molar-refractivity contribution is 14.1. The van der Waals surface area contributed by atoms with Gasteiger partial charge in [-0.15, -0.1) is 0 Å². The van der Waals surface area contributed by atoms with Crippen LogP contribution < -0.4 is 0 Å². The van der Waals surface area contributed by atoms with Crippen LogP contribution in [0.4, 0.5) is 0 Å². The summed E-state index contributed by atoms with van der Waals surface area (Å²) in [5.74, 6) is 0.229. The average Bonchev–Trinajstić information content (AvgIpc) is 3.00. The highest BCUT2D eigenvalue weighted by Gasteiger charge is 2.26. The number of ether oxygens (including phenoxy) is 1. The molecule has 0 unspecified atom stereocenters. The second kappa shape index (κ2) is 6.09. The minimum atomic E-state index is -0.522. The molecule has 0 saturated heterocycles. The van der Waals surface area contributed by atoms with Crippen LogP contribution in [0, 0.1) is 7.34 Å². The number of esters is 1. The van der Waals surface area contributed by atoms with Gasteiger partial charge in [0.05, 0.1) is 10.6 Å². The Morgan fingerprint density at radius 2 is 2.00 bits per heavy atom. The molecule has 21 heavy (non-hydrogen) atoms. The SMILES string of the molecule is O=C1OC(c2cc(I)ccc2Cl)=N/C1=C/c1ccc(I)o1. The van der Waals surface area contributed by atoms with Crippen molar-refractivity contribution >= 4 is 74.7 Å². The molecular formula is C14H6ClI2NO3. The third kappa shape index (κ3) is 3.32. The summed E-state index contributed by atoms with van der Waals surface area (Å²) in [6.45, 7) is 0. The summed E-state index contributed by atoms with van der Waals surface area (Å²) in [5.41, 5.74) is 0.778. The van der Waals surface area contributed by atoms with E-state index in [1.54, 1.807) is 24.3 Å². The van der Waals surface area contributed by atoms with Crippen LogP contribution in [-0.4, -0.2) is 11.9 Å². The summed E-state index contributed by atoms with van der Waals surface area (Å²) >= 11 is 10.3. The molecule has 0 amide bonds. The largest absolute Gasteiger partial charge is 0.451 e. The molecule has 0 fully saturated rings. The Hall–Kier alpha value is -0.870. The van der Waals surface area contributed by atoms with Crippen molar-refractivity contribution in [3.8, 4) is 0 Å². The molecule has 0 atom stereocenters. The van der Waals surface area contributed by atoms with Crippen molar-refractivity contribution in [1.29, 1.82) is 0 Å². The van der Waals surface area contributed by atoms with E-state index < -0.39 is 5.97 Å². The minimum absolute atomic E-state index is 0.186. The highest BCUT2D eigenvalue weighted by Crippen LogP contribution is 2.25. The number of benzene rings is 1. The first-order valence-electron chi connectivity index (χ1n) is 5.76. The monoisotopic (exact) mass is 525 g/mol. The normalized spacial score (nSPS) is 16.2. The van der Waals surface area contributed by atoms with Gasteiger partial charge in [0.2, 0.25) is 5.90 Å². The summed E-state index contributed by atoms with van der Waals surface area (Å²) < 4.78 is 12.3. The van der Waals surface area contributed by atoms with Crippen LogP contribution in [0.15, 0.2) is 45.4 Å². The van der Waals surface area contributed by atoms with E-state index in [1.165, 1.54) is 0 Å². The first kappa shape index (κ1) is 15.0. The fraction of sp³-hybridized carbons (Fsp3) is 0. The third-order valence-corrected chi connectivity index (χ3v) is 4.23. The molecule has 1 aromatic carbocycles. The molecular weight excluding hydrogens is 519 g/mol. The number of aliphatic imine (C=N–C) groups is 1. The smallest absolute Gasteiger partial charge is 0.363 e. The predicted octanol–water partition coefficient (Wildman–Crippen LogP) is 4.49. The lowest BCUT2D eigenvalue weighted by atomic mass is 10.2. The molecule has 0 spiro atoms. The number of hydrogen-bond acceptors (Lipinski definition) is 4. The van der Waals surface area contributed by atoms with Crippen molar-refractivity contribution in [2.45, 2.75) is 0 Å². The topological polar surface area (TPSA) is 51.8 Å². The number of nitrogens with zero attached hydrogens (tertiary/aromatic N) is 1. The average molecular weight is 525 g/mol. The lowest BCUT2D eigenvalue weighted by molar-refractivity contribution is -0.129. The van der Waals surface area contributed by atoms with Crippen LogP contribution in [0.2, 0.25) is 5.02 Å². The van der Waals surface area contributed by atoms with Crippen LogP contribution in [0.25, 0.3) is 6.08 Å². The Balaban J connectivity index is 1.99. The summed E-state index contributed by atoms with van der Waals surface area (Å²) in [7, 11) is 0. The van der Waals surface area contributed by atoms with Crippen molar-refractivity contribution in [3.63, 3.8) is 0 Å². The standard InChI is InChI=1S/C14H6ClI2NO3/c15-10-3-1-7(16)5-9(10)13-18-11(14(19)21-13)6-8-2-4-12(17)20-8/h1-6H/b11-6+. The van der Waals surface area contributed by atoms with Gasteiger partial charge < -0.3 is 9.15 Å². The molecule has 1 aliphatic heterocycles. The van der Waals surface area contributed by atoms with Gasteiger partial charge in [0, 0.05) is 9.65 Å². The maximum absolute atomic E-state index is 11.9.